The van der Waals surface area contributed by atoms with E-state index in [1.165, 1.54) is 37.2 Å². The van der Waals surface area contributed by atoms with Crippen LogP contribution in [0, 0.1) is 5.92 Å². The van der Waals surface area contributed by atoms with Crippen molar-refractivity contribution >= 4 is 16.5 Å². The van der Waals surface area contributed by atoms with Crippen LogP contribution in [0.25, 0.3) is 0 Å². The smallest absolute Gasteiger partial charge is 0.130 e. The molecule has 0 radical (unpaired) electrons. The normalized spacial score (nSPS) is 27.8. The molecule has 0 spiro atoms. The number of nitrogens with zero attached hydrogens (tertiary/aromatic N) is 2. The zero-order chi connectivity index (χ0) is 9.10. The lowest BCUT2D eigenvalue weighted by atomic mass is 10.1. The lowest BCUT2D eigenvalue weighted by molar-refractivity contribution is 0.525. The van der Waals surface area contributed by atoms with Crippen molar-refractivity contribution in [1.82, 2.24) is 9.59 Å². The van der Waals surface area contributed by atoms with Gasteiger partial charge in [-0.1, -0.05) is 17.8 Å². The van der Waals surface area contributed by atoms with Crippen LogP contribution in [-0.4, -0.2) is 15.6 Å². The van der Waals surface area contributed by atoms with Crippen LogP contribution in [0.3, 0.4) is 0 Å². The van der Waals surface area contributed by atoms with Crippen molar-refractivity contribution < 1.29 is 0 Å². The molecule has 1 N–H and O–H groups in total. The van der Waals surface area contributed by atoms with Gasteiger partial charge in [0.1, 0.15) is 5.00 Å². The standard InChI is InChI=1S/C9H15N3S/c1-2-7-3-4-8(5-7)11-9-6-10-12-13-9/h6-8,11H,2-5H2,1H3. The minimum Gasteiger partial charge on any atom is -0.372 e. The first-order valence-corrected chi connectivity index (χ1v) is 5.69. The van der Waals surface area contributed by atoms with Crippen LogP contribution in [0.2, 0.25) is 0 Å². The third kappa shape index (κ3) is 2.18. The Morgan fingerprint density at radius 2 is 2.54 bits per heavy atom. The third-order valence-electron chi connectivity index (χ3n) is 2.83. The maximum atomic E-state index is 3.83. The number of anilines is 1. The molecule has 1 aromatic rings. The second-order valence-electron chi connectivity index (χ2n) is 3.71. The van der Waals surface area contributed by atoms with Crippen LogP contribution >= 0.6 is 11.5 Å². The fraction of sp³-hybridized carbons (Fsp3) is 0.778. The zero-order valence-corrected chi connectivity index (χ0v) is 8.68. The molecule has 4 heteroatoms. The predicted octanol–water partition coefficient (Wildman–Crippen LogP) is 2.53. The van der Waals surface area contributed by atoms with Crippen LogP contribution in [-0.2, 0) is 0 Å². The second-order valence-corrected chi connectivity index (χ2v) is 4.50. The van der Waals surface area contributed by atoms with E-state index in [9.17, 15) is 0 Å². The molecule has 13 heavy (non-hydrogen) atoms. The molecular weight excluding hydrogens is 182 g/mol. The van der Waals surface area contributed by atoms with E-state index in [0.29, 0.717) is 6.04 Å². The summed E-state index contributed by atoms with van der Waals surface area (Å²) in [5.41, 5.74) is 0. The maximum Gasteiger partial charge on any atom is 0.130 e. The topological polar surface area (TPSA) is 37.8 Å². The van der Waals surface area contributed by atoms with Gasteiger partial charge < -0.3 is 5.32 Å². The van der Waals surface area contributed by atoms with Crippen molar-refractivity contribution in [2.75, 3.05) is 5.32 Å². The Morgan fingerprint density at radius 1 is 1.62 bits per heavy atom. The van der Waals surface area contributed by atoms with Gasteiger partial charge in [0.2, 0.25) is 0 Å². The Balaban J connectivity index is 1.84. The van der Waals surface area contributed by atoms with E-state index in [4.69, 9.17) is 0 Å². The summed E-state index contributed by atoms with van der Waals surface area (Å²) in [6.45, 7) is 2.28. The van der Waals surface area contributed by atoms with Gasteiger partial charge in [0.25, 0.3) is 0 Å². The first-order valence-electron chi connectivity index (χ1n) is 4.92. The number of aromatic nitrogens is 2. The van der Waals surface area contributed by atoms with Crippen LogP contribution in [0.5, 0.6) is 0 Å². The number of nitrogens with one attached hydrogen (secondary N) is 1. The Labute approximate surface area is 82.7 Å². The van der Waals surface area contributed by atoms with Gasteiger partial charge in [0.05, 0.1) is 6.20 Å². The summed E-state index contributed by atoms with van der Waals surface area (Å²) in [4.78, 5) is 0. The molecule has 1 aliphatic carbocycles. The predicted molar refractivity (Wildman–Crippen MR) is 55.0 cm³/mol. The van der Waals surface area contributed by atoms with Gasteiger partial charge in [-0.05, 0) is 25.2 Å². The molecular formula is C9H15N3S. The van der Waals surface area contributed by atoms with Crippen LogP contribution < -0.4 is 5.32 Å². The fourth-order valence-electron chi connectivity index (χ4n) is 2.01. The van der Waals surface area contributed by atoms with Crippen molar-refractivity contribution in [2.24, 2.45) is 5.92 Å². The summed E-state index contributed by atoms with van der Waals surface area (Å²) in [5, 5.41) is 8.40. The minimum atomic E-state index is 0.659. The lowest BCUT2D eigenvalue weighted by Crippen LogP contribution is -2.14. The molecule has 0 saturated heterocycles. The molecule has 1 aliphatic rings. The van der Waals surface area contributed by atoms with Gasteiger partial charge >= 0.3 is 0 Å². The molecule has 2 unspecified atom stereocenters. The highest BCUT2D eigenvalue weighted by atomic mass is 32.1. The van der Waals surface area contributed by atoms with Crippen molar-refractivity contribution in [1.29, 1.82) is 0 Å². The monoisotopic (exact) mass is 197 g/mol. The van der Waals surface area contributed by atoms with Gasteiger partial charge in [-0.3, -0.25) is 0 Å². The summed E-state index contributed by atoms with van der Waals surface area (Å²) in [6, 6.07) is 0.659. The lowest BCUT2D eigenvalue weighted by Gasteiger charge is -2.10. The maximum absolute atomic E-state index is 3.83. The number of rotatable bonds is 3. The Kier molecular flexibility index (Phi) is 2.78. The van der Waals surface area contributed by atoms with Gasteiger partial charge in [-0.25, -0.2) is 0 Å². The summed E-state index contributed by atoms with van der Waals surface area (Å²) in [5.74, 6) is 0.929. The number of hydrogen-bond acceptors (Lipinski definition) is 4. The van der Waals surface area contributed by atoms with E-state index in [1.54, 1.807) is 0 Å². The summed E-state index contributed by atoms with van der Waals surface area (Å²) in [7, 11) is 0. The van der Waals surface area contributed by atoms with Crippen molar-refractivity contribution in [2.45, 2.75) is 38.6 Å². The molecule has 0 bridgehead atoms. The van der Waals surface area contributed by atoms with E-state index >= 15 is 0 Å². The highest BCUT2D eigenvalue weighted by molar-refractivity contribution is 7.09. The van der Waals surface area contributed by atoms with Crippen LogP contribution in [0.1, 0.15) is 32.6 Å². The first kappa shape index (κ1) is 8.94. The van der Waals surface area contributed by atoms with E-state index in [-0.39, 0.29) is 0 Å². The Hall–Kier alpha value is -0.640. The molecule has 3 nitrogen and oxygen atoms in total. The van der Waals surface area contributed by atoms with E-state index in [2.05, 4.69) is 21.8 Å². The molecule has 2 atom stereocenters. The van der Waals surface area contributed by atoms with Crippen molar-refractivity contribution in [3.05, 3.63) is 6.20 Å². The van der Waals surface area contributed by atoms with Crippen molar-refractivity contribution in [3.63, 3.8) is 0 Å². The average molecular weight is 197 g/mol. The quantitative estimate of drug-likeness (QED) is 0.809. The van der Waals surface area contributed by atoms with Gasteiger partial charge in [-0.15, -0.1) is 5.10 Å². The fourth-order valence-corrected chi connectivity index (χ4v) is 2.50. The highest BCUT2D eigenvalue weighted by Crippen LogP contribution is 2.30. The molecule has 2 rings (SSSR count). The molecule has 1 fully saturated rings. The Bertz CT molecular complexity index is 247. The van der Waals surface area contributed by atoms with Gasteiger partial charge in [0.15, 0.2) is 0 Å². The van der Waals surface area contributed by atoms with Gasteiger partial charge in [0, 0.05) is 17.6 Å². The van der Waals surface area contributed by atoms with E-state index in [0.717, 1.165) is 10.9 Å². The van der Waals surface area contributed by atoms with Crippen molar-refractivity contribution in [3.8, 4) is 0 Å². The van der Waals surface area contributed by atoms with E-state index in [1.807, 2.05) is 6.20 Å². The largest absolute Gasteiger partial charge is 0.372 e. The highest BCUT2D eigenvalue weighted by Gasteiger charge is 2.23. The molecule has 1 saturated carbocycles. The summed E-state index contributed by atoms with van der Waals surface area (Å²) in [6.07, 6.45) is 7.12. The summed E-state index contributed by atoms with van der Waals surface area (Å²) >= 11 is 1.45. The third-order valence-corrected chi connectivity index (χ3v) is 3.42. The molecule has 72 valence electrons. The molecule has 0 amide bonds. The zero-order valence-electron chi connectivity index (χ0n) is 7.86. The molecule has 0 aromatic carbocycles. The second kappa shape index (κ2) is 4.05. The molecule has 0 aliphatic heterocycles. The SMILES string of the molecule is CCC1CCC(Nc2cnns2)C1. The molecule has 1 aromatic heterocycles. The van der Waals surface area contributed by atoms with E-state index < -0.39 is 0 Å². The molecule has 1 heterocycles. The average Bonchev–Trinajstić information content (AvgIpc) is 2.76. The first-order chi connectivity index (χ1) is 6.38. The Morgan fingerprint density at radius 3 is 3.15 bits per heavy atom. The summed E-state index contributed by atoms with van der Waals surface area (Å²) < 4.78 is 3.83. The minimum absolute atomic E-state index is 0.659. The van der Waals surface area contributed by atoms with Gasteiger partial charge in [-0.2, -0.15) is 0 Å². The van der Waals surface area contributed by atoms with Crippen LogP contribution in [0.15, 0.2) is 6.20 Å². The number of hydrogen-bond donors (Lipinski definition) is 1. The van der Waals surface area contributed by atoms with Crippen LogP contribution in [0.4, 0.5) is 5.00 Å².